The van der Waals surface area contributed by atoms with Gasteiger partial charge in [0.05, 0.1) is 21.7 Å². The Morgan fingerprint density at radius 3 is 2.47 bits per heavy atom. The average molecular weight is 542 g/mol. The standard InChI is InChI=1S/C27H28ClN3O3S2/c28-24-10-3-2-9-22(24)19-31-25-12-11-23(16-26(25)35-27(31)32)36(33,34)29-17-20-7-6-8-21(15-20)18-30-13-4-1-5-14-30/h2-3,6-12,15-16,29H,1,4-5,13-14,17-19H2. The molecule has 1 fully saturated rings. The second kappa shape index (κ2) is 10.9. The van der Waals surface area contributed by atoms with Gasteiger partial charge in [-0.05, 0) is 66.9 Å². The molecular formula is C27H28ClN3O3S2. The highest BCUT2D eigenvalue weighted by Gasteiger charge is 2.18. The number of nitrogens with zero attached hydrogens (tertiary/aromatic N) is 2. The maximum atomic E-state index is 13.1. The minimum Gasteiger partial charge on any atom is -0.299 e. The third-order valence-corrected chi connectivity index (χ3v) is 9.26. The van der Waals surface area contributed by atoms with Crippen LogP contribution in [0.2, 0.25) is 5.02 Å². The molecule has 3 aromatic carbocycles. The zero-order valence-corrected chi connectivity index (χ0v) is 22.2. The van der Waals surface area contributed by atoms with Crippen molar-refractivity contribution >= 4 is 43.2 Å². The number of rotatable bonds is 8. The Balaban J connectivity index is 1.31. The number of likely N-dealkylation sites (tertiary alicyclic amines) is 1. The summed E-state index contributed by atoms with van der Waals surface area (Å²) < 4.78 is 31.1. The van der Waals surface area contributed by atoms with E-state index < -0.39 is 10.0 Å². The largest absolute Gasteiger partial charge is 0.308 e. The molecule has 188 valence electrons. The number of halogens is 1. The van der Waals surface area contributed by atoms with E-state index in [1.165, 1.54) is 24.8 Å². The molecule has 5 rings (SSSR count). The number of thiazole rings is 1. The number of fused-ring (bicyclic) bond motifs is 1. The van der Waals surface area contributed by atoms with Crippen LogP contribution >= 0.6 is 22.9 Å². The number of benzene rings is 3. The van der Waals surface area contributed by atoms with Crippen molar-refractivity contribution in [2.75, 3.05) is 13.1 Å². The van der Waals surface area contributed by atoms with Crippen LogP contribution in [0.1, 0.15) is 36.0 Å². The second-order valence-corrected chi connectivity index (χ2v) is 12.3. The number of piperidine rings is 1. The molecule has 1 aromatic heterocycles. The van der Waals surface area contributed by atoms with Crippen molar-refractivity contribution in [3.05, 3.63) is 98.1 Å². The van der Waals surface area contributed by atoms with Gasteiger partial charge in [0.2, 0.25) is 10.0 Å². The van der Waals surface area contributed by atoms with Gasteiger partial charge in [0.25, 0.3) is 0 Å². The van der Waals surface area contributed by atoms with Crippen LogP contribution in [0.5, 0.6) is 0 Å². The van der Waals surface area contributed by atoms with E-state index in [1.807, 2.05) is 30.3 Å². The van der Waals surface area contributed by atoms with E-state index in [9.17, 15) is 13.2 Å². The summed E-state index contributed by atoms with van der Waals surface area (Å²) in [5.41, 5.74) is 3.64. The Morgan fingerprint density at radius 2 is 1.67 bits per heavy atom. The number of aromatic nitrogens is 1. The molecule has 1 saturated heterocycles. The van der Waals surface area contributed by atoms with Crippen LogP contribution in [0.15, 0.2) is 76.4 Å². The quantitative estimate of drug-likeness (QED) is 0.331. The van der Waals surface area contributed by atoms with Crippen molar-refractivity contribution < 1.29 is 8.42 Å². The minimum absolute atomic E-state index is 0.144. The zero-order valence-electron chi connectivity index (χ0n) is 19.8. The fourth-order valence-electron chi connectivity index (χ4n) is 4.64. The summed E-state index contributed by atoms with van der Waals surface area (Å²) in [6.45, 7) is 3.66. The smallest absolute Gasteiger partial charge is 0.299 e. The number of hydrogen-bond acceptors (Lipinski definition) is 5. The average Bonchev–Trinajstić information content (AvgIpc) is 3.19. The van der Waals surface area contributed by atoms with E-state index in [0.29, 0.717) is 21.8 Å². The summed E-state index contributed by atoms with van der Waals surface area (Å²) in [4.78, 5) is 15.1. The van der Waals surface area contributed by atoms with Crippen LogP contribution in [-0.2, 0) is 29.7 Å². The van der Waals surface area contributed by atoms with Crippen LogP contribution in [0.4, 0.5) is 0 Å². The van der Waals surface area contributed by atoms with Crippen molar-refractivity contribution in [3.63, 3.8) is 0 Å². The van der Waals surface area contributed by atoms with E-state index in [4.69, 9.17) is 11.6 Å². The number of sulfonamides is 1. The van der Waals surface area contributed by atoms with Crippen molar-refractivity contribution in [1.29, 1.82) is 0 Å². The molecule has 0 aliphatic carbocycles. The topological polar surface area (TPSA) is 71.4 Å². The molecule has 0 unspecified atom stereocenters. The predicted molar refractivity (Wildman–Crippen MR) is 146 cm³/mol. The highest BCUT2D eigenvalue weighted by molar-refractivity contribution is 7.89. The SMILES string of the molecule is O=c1sc2cc(S(=O)(=O)NCc3cccc(CN4CCCCC4)c3)ccc2n1Cc1ccccc1Cl. The van der Waals surface area contributed by atoms with Crippen LogP contribution in [-0.4, -0.2) is 31.0 Å². The number of nitrogens with one attached hydrogen (secondary N) is 1. The Kier molecular flexibility index (Phi) is 7.60. The molecule has 0 amide bonds. The van der Waals surface area contributed by atoms with E-state index in [1.54, 1.807) is 28.8 Å². The van der Waals surface area contributed by atoms with E-state index in [0.717, 1.165) is 42.1 Å². The molecule has 9 heteroatoms. The normalized spacial score (nSPS) is 14.9. The fraction of sp³-hybridized carbons (Fsp3) is 0.296. The van der Waals surface area contributed by atoms with Crippen LogP contribution in [0, 0.1) is 0 Å². The van der Waals surface area contributed by atoms with E-state index >= 15 is 0 Å². The van der Waals surface area contributed by atoms with Gasteiger partial charge in [0, 0.05) is 18.1 Å². The van der Waals surface area contributed by atoms with Gasteiger partial charge in [-0.2, -0.15) is 0 Å². The third-order valence-electron chi connectivity index (χ3n) is 6.55. The van der Waals surface area contributed by atoms with Crippen LogP contribution in [0.3, 0.4) is 0 Å². The summed E-state index contributed by atoms with van der Waals surface area (Å²) >= 11 is 7.31. The minimum atomic E-state index is -3.75. The van der Waals surface area contributed by atoms with Crippen molar-refractivity contribution in [1.82, 2.24) is 14.2 Å². The highest BCUT2D eigenvalue weighted by Crippen LogP contribution is 2.24. The lowest BCUT2D eigenvalue weighted by Crippen LogP contribution is -2.29. The fourth-order valence-corrected chi connectivity index (χ4v) is 6.88. The summed E-state index contributed by atoms with van der Waals surface area (Å²) in [5, 5.41) is 0.590. The van der Waals surface area contributed by atoms with Gasteiger partial charge in [0.1, 0.15) is 0 Å². The molecule has 2 heterocycles. The van der Waals surface area contributed by atoms with Crippen LogP contribution < -0.4 is 9.60 Å². The first kappa shape index (κ1) is 25.2. The third kappa shape index (κ3) is 5.74. The van der Waals surface area contributed by atoms with Gasteiger partial charge >= 0.3 is 4.87 Å². The first-order valence-corrected chi connectivity index (χ1v) is 14.7. The molecule has 1 aliphatic rings. The summed E-state index contributed by atoms with van der Waals surface area (Å²) in [5.74, 6) is 0. The lowest BCUT2D eigenvalue weighted by atomic mass is 10.1. The molecule has 0 atom stereocenters. The Labute approximate surface area is 220 Å². The molecule has 6 nitrogen and oxygen atoms in total. The summed E-state index contributed by atoms with van der Waals surface area (Å²) in [7, 11) is -3.75. The van der Waals surface area contributed by atoms with Gasteiger partial charge in [-0.3, -0.25) is 14.3 Å². The Hall–Kier alpha value is -2.49. The molecule has 36 heavy (non-hydrogen) atoms. The molecule has 1 aliphatic heterocycles. The van der Waals surface area contributed by atoms with Crippen LogP contribution in [0.25, 0.3) is 10.2 Å². The molecule has 0 saturated carbocycles. The molecule has 0 bridgehead atoms. The first-order chi connectivity index (χ1) is 17.4. The van der Waals surface area contributed by atoms with Gasteiger partial charge < -0.3 is 0 Å². The molecular weight excluding hydrogens is 514 g/mol. The van der Waals surface area contributed by atoms with Gasteiger partial charge in [-0.25, -0.2) is 13.1 Å². The highest BCUT2D eigenvalue weighted by atomic mass is 35.5. The summed E-state index contributed by atoms with van der Waals surface area (Å²) in [6.07, 6.45) is 3.77. The first-order valence-electron chi connectivity index (χ1n) is 12.1. The van der Waals surface area contributed by atoms with Crippen molar-refractivity contribution in [3.8, 4) is 0 Å². The van der Waals surface area contributed by atoms with E-state index in [-0.39, 0.29) is 16.3 Å². The molecule has 0 radical (unpaired) electrons. The number of hydrogen-bond donors (Lipinski definition) is 1. The lowest BCUT2D eigenvalue weighted by molar-refractivity contribution is 0.221. The lowest BCUT2D eigenvalue weighted by Gasteiger charge is -2.26. The van der Waals surface area contributed by atoms with E-state index in [2.05, 4.69) is 21.8 Å². The predicted octanol–water partition coefficient (Wildman–Crippen LogP) is 5.23. The van der Waals surface area contributed by atoms with Gasteiger partial charge in [-0.1, -0.05) is 71.8 Å². The van der Waals surface area contributed by atoms with Crippen molar-refractivity contribution in [2.24, 2.45) is 0 Å². The maximum absolute atomic E-state index is 13.1. The Morgan fingerprint density at radius 1 is 0.889 bits per heavy atom. The van der Waals surface area contributed by atoms with Crippen molar-refractivity contribution in [2.45, 2.75) is 43.8 Å². The maximum Gasteiger partial charge on any atom is 0.308 e. The van der Waals surface area contributed by atoms with Gasteiger partial charge in [-0.15, -0.1) is 0 Å². The summed E-state index contributed by atoms with van der Waals surface area (Å²) in [6, 6.07) is 20.3. The Bertz CT molecular complexity index is 1540. The molecule has 4 aromatic rings. The second-order valence-electron chi connectivity index (χ2n) is 9.16. The molecule has 1 N–H and O–H groups in total. The molecule has 0 spiro atoms. The monoisotopic (exact) mass is 541 g/mol. The zero-order chi connectivity index (χ0) is 25.1. The van der Waals surface area contributed by atoms with Gasteiger partial charge in [0.15, 0.2) is 0 Å².